The van der Waals surface area contributed by atoms with E-state index in [-0.39, 0.29) is 11.1 Å². The number of carbonyl (C=O) groups excluding carboxylic acids is 1. The van der Waals surface area contributed by atoms with Gasteiger partial charge in [0.2, 0.25) is 0 Å². The van der Waals surface area contributed by atoms with E-state index >= 15 is 0 Å². The highest BCUT2D eigenvalue weighted by Crippen LogP contribution is 2.37. The molecule has 0 saturated heterocycles. The molecule has 0 atom stereocenters. The summed E-state index contributed by atoms with van der Waals surface area (Å²) in [5, 5.41) is 21.8. The third-order valence-corrected chi connectivity index (χ3v) is 5.29. The van der Waals surface area contributed by atoms with Crippen LogP contribution in [-0.2, 0) is 17.6 Å². The molecular formula is C19H14FN3OS. The van der Waals surface area contributed by atoms with Crippen molar-refractivity contribution < 1.29 is 9.18 Å². The summed E-state index contributed by atoms with van der Waals surface area (Å²) in [5.74, 6) is -1.15. The molecule has 0 spiro atoms. The molecule has 1 N–H and O–H groups in total. The summed E-state index contributed by atoms with van der Waals surface area (Å²) < 4.78 is 13.7. The van der Waals surface area contributed by atoms with Gasteiger partial charge in [-0.25, -0.2) is 4.39 Å². The van der Waals surface area contributed by atoms with Crippen LogP contribution in [0.15, 0.2) is 29.8 Å². The Kier molecular flexibility index (Phi) is 4.92. The number of amides is 1. The number of hydrogen-bond donors (Lipinski definition) is 1. The quantitative estimate of drug-likeness (QED) is 0.665. The van der Waals surface area contributed by atoms with Crippen LogP contribution < -0.4 is 5.32 Å². The Morgan fingerprint density at radius 1 is 1.24 bits per heavy atom. The first-order chi connectivity index (χ1) is 12.1. The number of hydrogen-bond acceptors (Lipinski definition) is 4. The minimum Gasteiger partial charge on any atom is -0.312 e. The van der Waals surface area contributed by atoms with E-state index in [1.54, 1.807) is 12.1 Å². The Hall–Kier alpha value is -2.96. The van der Waals surface area contributed by atoms with Crippen molar-refractivity contribution in [3.63, 3.8) is 0 Å². The van der Waals surface area contributed by atoms with Crippen LogP contribution in [0.3, 0.4) is 0 Å². The summed E-state index contributed by atoms with van der Waals surface area (Å²) in [6.07, 6.45) is 5.05. The fourth-order valence-corrected chi connectivity index (χ4v) is 4.07. The largest absolute Gasteiger partial charge is 0.312 e. The molecule has 4 nitrogen and oxygen atoms in total. The first kappa shape index (κ1) is 16.9. The predicted molar refractivity (Wildman–Crippen MR) is 94.3 cm³/mol. The maximum Gasteiger partial charge on any atom is 0.266 e. The van der Waals surface area contributed by atoms with E-state index in [2.05, 4.69) is 11.4 Å². The average Bonchev–Trinajstić information content (AvgIpc) is 2.97. The van der Waals surface area contributed by atoms with Crippen molar-refractivity contribution in [2.24, 2.45) is 0 Å². The van der Waals surface area contributed by atoms with Crippen molar-refractivity contribution in [2.45, 2.75) is 25.7 Å². The van der Waals surface area contributed by atoms with Crippen molar-refractivity contribution in [2.75, 3.05) is 5.32 Å². The lowest BCUT2D eigenvalue weighted by Crippen LogP contribution is -2.13. The number of thiophene rings is 1. The smallest absolute Gasteiger partial charge is 0.266 e. The lowest BCUT2D eigenvalue weighted by atomic mass is 9.96. The molecule has 0 saturated carbocycles. The molecule has 1 aliphatic carbocycles. The normalized spacial score (nSPS) is 13.5. The SMILES string of the molecule is N#CC(=Cc1ccccc1F)C(=O)Nc1sc2c(c1C#N)CCCC2. The number of aryl methyl sites for hydroxylation is 1. The van der Waals surface area contributed by atoms with Gasteiger partial charge >= 0.3 is 0 Å². The summed E-state index contributed by atoms with van der Waals surface area (Å²) in [5.41, 5.74) is 1.45. The van der Waals surface area contributed by atoms with E-state index in [0.717, 1.165) is 36.1 Å². The number of carbonyl (C=O) groups is 1. The van der Waals surface area contributed by atoms with E-state index < -0.39 is 11.7 Å². The molecule has 1 amide bonds. The van der Waals surface area contributed by atoms with Gasteiger partial charge in [0.15, 0.2) is 0 Å². The lowest BCUT2D eigenvalue weighted by molar-refractivity contribution is -0.112. The second kappa shape index (κ2) is 7.29. The van der Waals surface area contributed by atoms with E-state index in [1.165, 1.54) is 35.6 Å². The zero-order valence-electron chi connectivity index (χ0n) is 13.3. The number of anilines is 1. The first-order valence-corrected chi connectivity index (χ1v) is 8.68. The minimum atomic E-state index is -0.638. The Morgan fingerprint density at radius 3 is 2.72 bits per heavy atom. The maximum atomic E-state index is 13.7. The summed E-state index contributed by atoms with van der Waals surface area (Å²) in [4.78, 5) is 13.5. The number of halogens is 1. The Labute approximate surface area is 148 Å². The molecule has 25 heavy (non-hydrogen) atoms. The fraction of sp³-hybridized carbons (Fsp3) is 0.211. The molecule has 1 aliphatic rings. The molecule has 0 fully saturated rings. The molecule has 1 aromatic heterocycles. The molecule has 1 aromatic carbocycles. The highest BCUT2D eigenvalue weighted by Gasteiger charge is 2.22. The second-order valence-electron chi connectivity index (χ2n) is 5.67. The van der Waals surface area contributed by atoms with Gasteiger partial charge in [-0.1, -0.05) is 18.2 Å². The summed E-state index contributed by atoms with van der Waals surface area (Å²) >= 11 is 1.39. The second-order valence-corrected chi connectivity index (χ2v) is 6.78. The first-order valence-electron chi connectivity index (χ1n) is 7.86. The van der Waals surface area contributed by atoms with Crippen molar-refractivity contribution in [1.82, 2.24) is 0 Å². The van der Waals surface area contributed by atoms with Gasteiger partial charge in [0.05, 0.1) is 5.56 Å². The van der Waals surface area contributed by atoms with Crippen LogP contribution in [0, 0.1) is 28.5 Å². The number of nitrogens with one attached hydrogen (secondary N) is 1. The van der Waals surface area contributed by atoms with Gasteiger partial charge in [0.1, 0.15) is 28.5 Å². The summed E-state index contributed by atoms with van der Waals surface area (Å²) in [6, 6.07) is 9.88. The molecule has 2 aromatic rings. The molecule has 0 radical (unpaired) electrons. The summed E-state index contributed by atoms with van der Waals surface area (Å²) in [7, 11) is 0. The molecule has 0 unspecified atom stereocenters. The Balaban J connectivity index is 1.89. The zero-order valence-corrected chi connectivity index (χ0v) is 14.1. The van der Waals surface area contributed by atoms with Gasteiger partial charge in [-0.15, -0.1) is 11.3 Å². The van der Waals surface area contributed by atoms with Crippen LogP contribution in [-0.4, -0.2) is 5.91 Å². The van der Waals surface area contributed by atoms with E-state index in [9.17, 15) is 19.7 Å². The van der Waals surface area contributed by atoms with Crippen molar-refractivity contribution in [3.05, 3.63) is 57.2 Å². The van der Waals surface area contributed by atoms with Gasteiger partial charge in [0.25, 0.3) is 5.91 Å². The van der Waals surface area contributed by atoms with E-state index in [0.29, 0.717) is 10.6 Å². The van der Waals surface area contributed by atoms with Gasteiger partial charge in [-0.2, -0.15) is 10.5 Å². The van der Waals surface area contributed by atoms with Crippen LogP contribution in [0.2, 0.25) is 0 Å². The fourth-order valence-electron chi connectivity index (χ4n) is 2.84. The number of nitriles is 2. The highest BCUT2D eigenvalue weighted by molar-refractivity contribution is 7.16. The molecule has 6 heteroatoms. The van der Waals surface area contributed by atoms with Crippen molar-refractivity contribution in [3.8, 4) is 12.1 Å². The van der Waals surface area contributed by atoms with Gasteiger partial charge < -0.3 is 5.32 Å². The average molecular weight is 351 g/mol. The van der Waals surface area contributed by atoms with Crippen LogP contribution >= 0.6 is 11.3 Å². The van der Waals surface area contributed by atoms with Crippen LogP contribution in [0.1, 0.15) is 34.4 Å². The van der Waals surface area contributed by atoms with Gasteiger partial charge in [0, 0.05) is 10.4 Å². The molecular weight excluding hydrogens is 337 g/mol. The van der Waals surface area contributed by atoms with Gasteiger partial charge in [-0.3, -0.25) is 4.79 Å². The summed E-state index contributed by atoms with van der Waals surface area (Å²) in [6.45, 7) is 0. The predicted octanol–water partition coefficient (Wildman–Crippen LogP) is 4.18. The molecule has 3 rings (SSSR count). The van der Waals surface area contributed by atoms with Crippen LogP contribution in [0.5, 0.6) is 0 Å². The van der Waals surface area contributed by atoms with Gasteiger partial charge in [-0.05, 0) is 43.4 Å². The standard InChI is InChI=1S/C19H14FN3OS/c20-16-7-3-1-5-12(16)9-13(10-21)18(24)23-19-15(11-22)14-6-2-4-8-17(14)25-19/h1,3,5,7,9H,2,4,6,8H2,(H,23,24). The van der Waals surface area contributed by atoms with E-state index in [1.807, 2.05) is 0 Å². The maximum absolute atomic E-state index is 13.7. The van der Waals surface area contributed by atoms with Crippen LogP contribution in [0.25, 0.3) is 6.08 Å². The number of fused-ring (bicyclic) bond motifs is 1. The Bertz CT molecular complexity index is 947. The third kappa shape index (κ3) is 3.45. The topological polar surface area (TPSA) is 76.7 Å². The van der Waals surface area contributed by atoms with Crippen molar-refractivity contribution in [1.29, 1.82) is 10.5 Å². The number of nitrogens with zero attached hydrogens (tertiary/aromatic N) is 2. The molecule has 0 aliphatic heterocycles. The molecule has 0 bridgehead atoms. The third-order valence-electron chi connectivity index (χ3n) is 4.08. The lowest BCUT2D eigenvalue weighted by Gasteiger charge is -2.09. The van der Waals surface area contributed by atoms with E-state index in [4.69, 9.17) is 0 Å². The molecule has 124 valence electrons. The van der Waals surface area contributed by atoms with Crippen molar-refractivity contribution >= 4 is 28.3 Å². The highest BCUT2D eigenvalue weighted by atomic mass is 32.1. The molecule has 1 heterocycles. The Morgan fingerprint density at radius 2 is 2.00 bits per heavy atom. The number of rotatable bonds is 3. The minimum absolute atomic E-state index is 0.167. The monoisotopic (exact) mass is 351 g/mol. The number of benzene rings is 1. The zero-order chi connectivity index (χ0) is 17.8. The van der Waals surface area contributed by atoms with Crippen LogP contribution in [0.4, 0.5) is 9.39 Å².